The number of nitrogens with one attached hydrogen (secondary N) is 1. The number of carbonyl (C=O) groups excluding carboxylic acids is 1. The zero-order valence-electron chi connectivity index (χ0n) is 18.9. The Bertz CT molecular complexity index is 1080. The van der Waals surface area contributed by atoms with Crippen molar-refractivity contribution in [1.29, 1.82) is 0 Å². The molecule has 32 heavy (non-hydrogen) atoms. The van der Waals surface area contributed by atoms with Gasteiger partial charge in [0.25, 0.3) is 5.91 Å². The minimum absolute atomic E-state index is 0.0524. The van der Waals surface area contributed by atoms with Crippen LogP contribution in [-0.2, 0) is 10.0 Å². The summed E-state index contributed by atoms with van der Waals surface area (Å²) < 4.78 is 45.5. The number of nitrogens with zero attached hydrogens (tertiary/aromatic N) is 2. The molecular weight excluding hydrogens is 433 g/mol. The van der Waals surface area contributed by atoms with Crippen molar-refractivity contribution >= 4 is 21.6 Å². The molecule has 1 aliphatic rings. The molecule has 1 amide bonds. The first-order chi connectivity index (χ1) is 15.1. The standard InChI is InChI=1S/C23H30FN3O4S/c1-16(17-8-11-22(31-4)20(24)14-17)25-23(28)19-15-18(32(29,30)26(2)3)9-10-21(19)27-12-6-5-7-13-27/h8-11,14-16H,5-7,12-13H2,1-4H3,(H,25,28)/t16-/m0/s1. The molecule has 1 fully saturated rings. The van der Waals surface area contributed by atoms with Crippen LogP contribution in [0.25, 0.3) is 0 Å². The highest BCUT2D eigenvalue weighted by Crippen LogP contribution is 2.29. The van der Waals surface area contributed by atoms with E-state index >= 15 is 0 Å². The molecule has 0 spiro atoms. The summed E-state index contributed by atoms with van der Waals surface area (Å²) in [5.41, 5.74) is 1.57. The molecule has 0 radical (unpaired) electrons. The molecule has 7 nitrogen and oxygen atoms in total. The fourth-order valence-electron chi connectivity index (χ4n) is 3.79. The second-order valence-corrected chi connectivity index (χ2v) is 10.3. The van der Waals surface area contributed by atoms with Gasteiger partial charge in [-0.3, -0.25) is 4.79 Å². The number of anilines is 1. The van der Waals surface area contributed by atoms with Crippen molar-refractivity contribution in [1.82, 2.24) is 9.62 Å². The first kappa shape index (κ1) is 24.0. The normalized spacial score (nSPS) is 15.5. The molecule has 1 atom stereocenters. The zero-order chi connectivity index (χ0) is 23.5. The highest BCUT2D eigenvalue weighted by Gasteiger charge is 2.25. The van der Waals surface area contributed by atoms with E-state index in [1.165, 1.54) is 39.4 Å². The minimum Gasteiger partial charge on any atom is -0.494 e. The van der Waals surface area contributed by atoms with Gasteiger partial charge in [0.05, 0.1) is 23.6 Å². The van der Waals surface area contributed by atoms with Crippen molar-refractivity contribution < 1.29 is 22.3 Å². The van der Waals surface area contributed by atoms with Crippen molar-refractivity contribution in [3.63, 3.8) is 0 Å². The maximum atomic E-state index is 14.1. The van der Waals surface area contributed by atoms with Crippen LogP contribution in [0, 0.1) is 5.82 Å². The molecule has 0 aliphatic carbocycles. The van der Waals surface area contributed by atoms with Crippen LogP contribution in [-0.4, -0.2) is 52.9 Å². The summed E-state index contributed by atoms with van der Waals surface area (Å²) in [6, 6.07) is 8.69. The highest BCUT2D eigenvalue weighted by molar-refractivity contribution is 7.89. The van der Waals surface area contributed by atoms with Gasteiger partial charge in [0, 0.05) is 32.9 Å². The molecule has 174 valence electrons. The third-order valence-corrected chi connectivity index (χ3v) is 7.52. The van der Waals surface area contributed by atoms with Crippen LogP contribution in [0.3, 0.4) is 0 Å². The molecule has 1 aliphatic heterocycles. The van der Waals surface area contributed by atoms with E-state index in [9.17, 15) is 17.6 Å². The van der Waals surface area contributed by atoms with E-state index in [1.807, 2.05) is 0 Å². The smallest absolute Gasteiger partial charge is 0.253 e. The summed E-state index contributed by atoms with van der Waals surface area (Å²) in [7, 11) is 0.591. The number of rotatable bonds is 7. The van der Waals surface area contributed by atoms with Crippen LogP contribution >= 0.6 is 0 Å². The monoisotopic (exact) mass is 463 g/mol. The Morgan fingerprint density at radius 2 is 1.81 bits per heavy atom. The van der Waals surface area contributed by atoms with Crippen LogP contribution in [0.15, 0.2) is 41.3 Å². The van der Waals surface area contributed by atoms with Gasteiger partial charge in [0.15, 0.2) is 11.6 Å². The molecular formula is C23H30FN3O4S. The van der Waals surface area contributed by atoms with Gasteiger partial charge >= 0.3 is 0 Å². The van der Waals surface area contributed by atoms with E-state index in [2.05, 4.69) is 10.2 Å². The second-order valence-electron chi connectivity index (χ2n) is 8.10. The summed E-state index contributed by atoms with van der Waals surface area (Å²) in [5.74, 6) is -0.800. The molecule has 0 aromatic heterocycles. The summed E-state index contributed by atoms with van der Waals surface area (Å²) in [6.45, 7) is 3.36. The lowest BCUT2D eigenvalue weighted by molar-refractivity contribution is 0.0940. The molecule has 3 rings (SSSR count). The number of hydrogen-bond donors (Lipinski definition) is 1. The number of hydrogen-bond acceptors (Lipinski definition) is 5. The number of methoxy groups -OCH3 is 1. The van der Waals surface area contributed by atoms with Crippen molar-refractivity contribution in [2.75, 3.05) is 39.2 Å². The van der Waals surface area contributed by atoms with Gasteiger partial charge in [-0.1, -0.05) is 6.07 Å². The Morgan fingerprint density at radius 1 is 1.12 bits per heavy atom. The van der Waals surface area contributed by atoms with Gasteiger partial charge < -0.3 is 15.0 Å². The Kier molecular flexibility index (Phi) is 7.40. The molecule has 1 N–H and O–H groups in total. The van der Waals surface area contributed by atoms with E-state index in [4.69, 9.17) is 4.74 Å². The SMILES string of the molecule is COc1ccc([C@H](C)NC(=O)c2cc(S(=O)(=O)N(C)C)ccc2N2CCCCC2)cc1F. The summed E-state index contributed by atoms with van der Waals surface area (Å²) >= 11 is 0. The largest absolute Gasteiger partial charge is 0.494 e. The van der Waals surface area contributed by atoms with Gasteiger partial charge in [-0.2, -0.15) is 0 Å². The lowest BCUT2D eigenvalue weighted by Gasteiger charge is -2.31. The average molecular weight is 464 g/mol. The molecule has 0 bridgehead atoms. The minimum atomic E-state index is -3.70. The molecule has 0 unspecified atom stereocenters. The maximum absolute atomic E-state index is 14.1. The quantitative estimate of drug-likeness (QED) is 0.679. The van der Waals surface area contributed by atoms with Gasteiger partial charge in [-0.05, 0) is 62.1 Å². The summed E-state index contributed by atoms with van der Waals surface area (Å²) in [6.07, 6.45) is 3.16. The molecule has 2 aromatic rings. The molecule has 0 saturated carbocycles. The first-order valence-corrected chi connectivity index (χ1v) is 12.0. The zero-order valence-corrected chi connectivity index (χ0v) is 19.7. The lowest BCUT2D eigenvalue weighted by atomic mass is 10.0. The first-order valence-electron chi connectivity index (χ1n) is 10.6. The molecule has 1 heterocycles. The third kappa shape index (κ3) is 5.05. The van der Waals surface area contributed by atoms with E-state index in [-0.39, 0.29) is 16.2 Å². The van der Waals surface area contributed by atoms with E-state index in [0.29, 0.717) is 11.3 Å². The number of sulfonamides is 1. The molecule has 1 saturated heterocycles. The number of benzene rings is 2. The van der Waals surface area contributed by atoms with Crippen LogP contribution in [0.5, 0.6) is 5.75 Å². The topological polar surface area (TPSA) is 78.9 Å². The van der Waals surface area contributed by atoms with Crippen molar-refractivity contribution in [2.24, 2.45) is 0 Å². The predicted octanol–water partition coefficient (Wildman–Crippen LogP) is 3.57. The van der Waals surface area contributed by atoms with Crippen LogP contribution in [0.2, 0.25) is 0 Å². The Balaban J connectivity index is 1.95. The van der Waals surface area contributed by atoms with Gasteiger partial charge in [0.2, 0.25) is 10.0 Å². The van der Waals surface area contributed by atoms with Gasteiger partial charge in [-0.25, -0.2) is 17.1 Å². The van der Waals surface area contributed by atoms with Crippen molar-refractivity contribution in [3.05, 3.63) is 53.3 Å². The maximum Gasteiger partial charge on any atom is 0.253 e. The predicted molar refractivity (Wildman–Crippen MR) is 122 cm³/mol. The third-order valence-electron chi connectivity index (χ3n) is 5.71. The van der Waals surface area contributed by atoms with Crippen LogP contribution in [0.4, 0.5) is 10.1 Å². The van der Waals surface area contributed by atoms with E-state index < -0.39 is 27.8 Å². The summed E-state index contributed by atoms with van der Waals surface area (Å²) in [4.78, 5) is 15.4. The van der Waals surface area contributed by atoms with E-state index in [1.54, 1.807) is 25.1 Å². The van der Waals surface area contributed by atoms with Crippen molar-refractivity contribution in [3.8, 4) is 5.75 Å². The lowest BCUT2D eigenvalue weighted by Crippen LogP contribution is -2.34. The Hall–Kier alpha value is -2.65. The Labute approximate surface area is 189 Å². The molecule has 2 aromatic carbocycles. The van der Waals surface area contributed by atoms with Gasteiger partial charge in [-0.15, -0.1) is 0 Å². The van der Waals surface area contributed by atoms with Crippen LogP contribution < -0.4 is 15.0 Å². The summed E-state index contributed by atoms with van der Waals surface area (Å²) in [5, 5.41) is 2.88. The number of ether oxygens (including phenoxy) is 1. The second kappa shape index (κ2) is 9.87. The Morgan fingerprint density at radius 3 is 2.41 bits per heavy atom. The van der Waals surface area contributed by atoms with Crippen molar-refractivity contribution in [2.45, 2.75) is 37.1 Å². The number of carbonyl (C=O) groups is 1. The van der Waals surface area contributed by atoms with Gasteiger partial charge in [0.1, 0.15) is 0 Å². The fraction of sp³-hybridized carbons (Fsp3) is 0.435. The number of amides is 1. The fourth-order valence-corrected chi connectivity index (χ4v) is 4.72. The van der Waals surface area contributed by atoms with Crippen LogP contribution in [0.1, 0.15) is 48.1 Å². The number of piperidine rings is 1. The van der Waals surface area contributed by atoms with E-state index in [0.717, 1.165) is 36.7 Å². The highest BCUT2D eigenvalue weighted by atomic mass is 32.2. The average Bonchev–Trinajstić information content (AvgIpc) is 2.78. The number of halogens is 1. The molecule has 9 heteroatoms.